The van der Waals surface area contributed by atoms with Gasteiger partial charge in [-0.05, 0) is 59.3 Å². The smallest absolute Gasteiger partial charge is 0.407 e. The summed E-state index contributed by atoms with van der Waals surface area (Å²) < 4.78 is 5.30. The fourth-order valence-corrected chi connectivity index (χ4v) is 2.53. The summed E-state index contributed by atoms with van der Waals surface area (Å²) in [5.41, 5.74) is -0.412. The maximum absolute atomic E-state index is 11.7. The second-order valence-corrected chi connectivity index (χ2v) is 6.65. The van der Waals surface area contributed by atoms with Crippen LogP contribution in [-0.4, -0.2) is 29.8 Å². The predicted octanol–water partition coefficient (Wildman–Crippen LogP) is 2.57. The highest BCUT2D eigenvalue weighted by atomic mass is 16.6. The van der Waals surface area contributed by atoms with Gasteiger partial charge in [-0.2, -0.15) is 0 Å². The minimum absolute atomic E-state index is 0.268. The van der Waals surface area contributed by atoms with Crippen molar-refractivity contribution in [2.24, 2.45) is 0 Å². The molecule has 0 aromatic rings. The second-order valence-electron chi connectivity index (χ2n) is 6.65. The Morgan fingerprint density at radius 1 is 1.06 bits per heavy atom. The highest BCUT2D eigenvalue weighted by molar-refractivity contribution is 5.68. The Morgan fingerprint density at radius 2 is 1.72 bits per heavy atom. The molecule has 0 heterocycles. The number of carbonyl (C=O) groups excluding carboxylic acids is 1. The van der Waals surface area contributed by atoms with Crippen molar-refractivity contribution < 1.29 is 9.53 Å². The summed E-state index contributed by atoms with van der Waals surface area (Å²) in [4.78, 5) is 11.7. The molecular weight excluding hydrogens is 228 g/mol. The van der Waals surface area contributed by atoms with Crippen molar-refractivity contribution in [3.63, 3.8) is 0 Å². The lowest BCUT2D eigenvalue weighted by molar-refractivity contribution is 0.0488. The van der Waals surface area contributed by atoms with Crippen LogP contribution in [0.15, 0.2) is 0 Å². The van der Waals surface area contributed by atoms with E-state index in [2.05, 4.69) is 10.6 Å². The Balaban J connectivity index is 1.72. The summed E-state index contributed by atoms with van der Waals surface area (Å²) in [6.07, 6.45) is 6.90. The molecule has 0 radical (unpaired) electrons. The first kappa shape index (κ1) is 13.7. The molecule has 2 fully saturated rings. The first-order chi connectivity index (χ1) is 8.42. The van der Waals surface area contributed by atoms with Gasteiger partial charge in [0.15, 0.2) is 0 Å². The van der Waals surface area contributed by atoms with Crippen LogP contribution in [0.25, 0.3) is 0 Å². The number of rotatable bonds is 3. The van der Waals surface area contributed by atoms with Gasteiger partial charge in [-0.3, -0.25) is 0 Å². The maximum atomic E-state index is 11.7. The molecule has 2 aliphatic carbocycles. The maximum Gasteiger partial charge on any atom is 0.407 e. The van der Waals surface area contributed by atoms with Gasteiger partial charge in [0, 0.05) is 18.1 Å². The SMILES string of the molecule is CC(C)(C)OC(=O)NC1CCCC(NC2CC2)C1. The lowest BCUT2D eigenvalue weighted by atomic mass is 9.91. The molecule has 4 nitrogen and oxygen atoms in total. The summed E-state index contributed by atoms with van der Waals surface area (Å²) >= 11 is 0. The number of hydrogen-bond acceptors (Lipinski definition) is 3. The van der Waals surface area contributed by atoms with E-state index in [0.717, 1.165) is 18.9 Å². The van der Waals surface area contributed by atoms with Gasteiger partial charge in [0.1, 0.15) is 5.60 Å². The van der Waals surface area contributed by atoms with Crippen molar-refractivity contribution in [2.45, 2.75) is 83.0 Å². The third-order valence-corrected chi connectivity index (χ3v) is 3.44. The van der Waals surface area contributed by atoms with Gasteiger partial charge in [-0.15, -0.1) is 0 Å². The predicted molar refractivity (Wildman–Crippen MR) is 71.6 cm³/mol. The fourth-order valence-electron chi connectivity index (χ4n) is 2.53. The molecule has 2 aliphatic rings. The van der Waals surface area contributed by atoms with Gasteiger partial charge < -0.3 is 15.4 Å². The van der Waals surface area contributed by atoms with Crippen LogP contribution in [0, 0.1) is 0 Å². The van der Waals surface area contributed by atoms with Crippen LogP contribution in [0.4, 0.5) is 4.79 Å². The third-order valence-electron chi connectivity index (χ3n) is 3.44. The molecule has 0 saturated heterocycles. The van der Waals surface area contributed by atoms with Gasteiger partial charge in [0.25, 0.3) is 0 Å². The third kappa shape index (κ3) is 4.84. The fraction of sp³-hybridized carbons (Fsp3) is 0.929. The Hall–Kier alpha value is -0.770. The topological polar surface area (TPSA) is 50.4 Å². The van der Waals surface area contributed by atoms with E-state index in [9.17, 15) is 4.79 Å². The highest BCUT2D eigenvalue weighted by Crippen LogP contribution is 2.25. The molecule has 4 heteroatoms. The van der Waals surface area contributed by atoms with Crippen LogP contribution in [0.3, 0.4) is 0 Å². The average Bonchev–Trinajstić information content (AvgIpc) is 2.98. The van der Waals surface area contributed by atoms with E-state index in [1.807, 2.05) is 20.8 Å². The van der Waals surface area contributed by atoms with Gasteiger partial charge in [-0.1, -0.05) is 0 Å². The summed E-state index contributed by atoms with van der Waals surface area (Å²) in [5.74, 6) is 0. The Bertz CT molecular complexity index is 295. The van der Waals surface area contributed by atoms with E-state index in [1.54, 1.807) is 0 Å². The Morgan fingerprint density at radius 3 is 2.33 bits per heavy atom. The number of carbonyl (C=O) groups is 1. The van der Waals surface area contributed by atoms with Gasteiger partial charge >= 0.3 is 6.09 Å². The molecule has 2 N–H and O–H groups in total. The molecule has 0 aromatic heterocycles. The van der Waals surface area contributed by atoms with Gasteiger partial charge in [0.2, 0.25) is 0 Å². The zero-order valence-electron chi connectivity index (χ0n) is 11.8. The molecule has 2 saturated carbocycles. The monoisotopic (exact) mass is 254 g/mol. The first-order valence-electron chi connectivity index (χ1n) is 7.18. The Labute approximate surface area is 110 Å². The van der Waals surface area contributed by atoms with Crippen LogP contribution in [0.2, 0.25) is 0 Å². The molecule has 0 aromatic carbocycles. The Kier molecular flexibility index (Phi) is 4.15. The van der Waals surface area contributed by atoms with Crippen LogP contribution in [0.1, 0.15) is 59.3 Å². The van der Waals surface area contributed by atoms with Crippen molar-refractivity contribution in [3.05, 3.63) is 0 Å². The van der Waals surface area contributed by atoms with Gasteiger partial charge in [0.05, 0.1) is 0 Å². The second kappa shape index (κ2) is 5.47. The van der Waals surface area contributed by atoms with E-state index in [0.29, 0.717) is 6.04 Å². The van der Waals surface area contributed by atoms with Crippen LogP contribution < -0.4 is 10.6 Å². The summed E-state index contributed by atoms with van der Waals surface area (Å²) in [5, 5.41) is 6.65. The van der Waals surface area contributed by atoms with Crippen LogP contribution in [0.5, 0.6) is 0 Å². The summed E-state index contributed by atoms with van der Waals surface area (Å²) in [7, 11) is 0. The van der Waals surface area contributed by atoms with E-state index in [1.165, 1.54) is 25.7 Å². The van der Waals surface area contributed by atoms with E-state index < -0.39 is 5.60 Å². The summed E-state index contributed by atoms with van der Waals surface area (Å²) in [6.45, 7) is 5.68. The van der Waals surface area contributed by atoms with E-state index >= 15 is 0 Å². The lowest BCUT2D eigenvalue weighted by Crippen LogP contribution is -2.46. The first-order valence-corrected chi connectivity index (χ1v) is 7.18. The number of hydrogen-bond donors (Lipinski definition) is 2. The number of nitrogens with one attached hydrogen (secondary N) is 2. The molecule has 1 amide bonds. The van der Waals surface area contributed by atoms with Crippen molar-refractivity contribution in [1.29, 1.82) is 0 Å². The average molecular weight is 254 g/mol. The number of alkyl carbamates (subject to hydrolysis) is 1. The highest BCUT2D eigenvalue weighted by Gasteiger charge is 2.29. The molecular formula is C14H26N2O2. The number of amides is 1. The van der Waals surface area contributed by atoms with Crippen LogP contribution in [-0.2, 0) is 4.74 Å². The van der Waals surface area contributed by atoms with Crippen molar-refractivity contribution >= 4 is 6.09 Å². The molecule has 2 rings (SSSR count). The molecule has 0 spiro atoms. The minimum atomic E-state index is -0.412. The molecule has 2 atom stereocenters. The molecule has 104 valence electrons. The van der Waals surface area contributed by atoms with Crippen molar-refractivity contribution in [2.75, 3.05) is 0 Å². The van der Waals surface area contributed by atoms with E-state index in [4.69, 9.17) is 4.74 Å². The lowest BCUT2D eigenvalue weighted by Gasteiger charge is -2.31. The molecule has 0 bridgehead atoms. The minimum Gasteiger partial charge on any atom is -0.444 e. The number of ether oxygens (including phenoxy) is 1. The standard InChI is InChI=1S/C14H26N2O2/c1-14(2,3)18-13(17)16-12-6-4-5-11(9-12)15-10-7-8-10/h10-12,15H,4-9H2,1-3H3,(H,16,17). The summed E-state index contributed by atoms with van der Waals surface area (Å²) in [6, 6.07) is 1.59. The quantitative estimate of drug-likeness (QED) is 0.814. The largest absolute Gasteiger partial charge is 0.444 e. The molecule has 18 heavy (non-hydrogen) atoms. The van der Waals surface area contributed by atoms with Gasteiger partial charge in [-0.25, -0.2) is 4.79 Å². The van der Waals surface area contributed by atoms with Crippen molar-refractivity contribution in [1.82, 2.24) is 10.6 Å². The zero-order chi connectivity index (χ0) is 13.2. The molecule has 2 unspecified atom stereocenters. The zero-order valence-corrected chi connectivity index (χ0v) is 11.8. The normalized spacial score (nSPS) is 28.8. The van der Waals surface area contributed by atoms with E-state index in [-0.39, 0.29) is 12.1 Å². The molecule has 0 aliphatic heterocycles. The van der Waals surface area contributed by atoms with Crippen LogP contribution >= 0.6 is 0 Å². The van der Waals surface area contributed by atoms with Crippen molar-refractivity contribution in [3.8, 4) is 0 Å².